The molecule has 0 saturated heterocycles. The van der Waals surface area contributed by atoms with E-state index in [2.05, 4.69) is 231 Å². The summed E-state index contributed by atoms with van der Waals surface area (Å²) in [6, 6.07) is 86.8. The lowest BCUT2D eigenvalue weighted by atomic mass is 9.69. The van der Waals surface area contributed by atoms with Crippen molar-refractivity contribution >= 4 is 53.9 Å². The number of hydrogen-bond donors (Lipinski definition) is 0. The van der Waals surface area contributed by atoms with E-state index in [4.69, 9.17) is 0 Å². The minimum atomic E-state index is -0.491. The van der Waals surface area contributed by atoms with Gasteiger partial charge in [0.05, 0.1) is 5.41 Å². The Bertz CT molecular complexity index is 3820. The molecule has 0 N–H and O–H groups in total. The average Bonchev–Trinajstić information content (AvgIpc) is 3.83. The van der Waals surface area contributed by atoms with Crippen LogP contribution in [0.1, 0.15) is 22.3 Å². The third-order valence-corrected chi connectivity index (χ3v) is 14.4. The van der Waals surface area contributed by atoms with Crippen molar-refractivity contribution in [3.8, 4) is 55.6 Å². The van der Waals surface area contributed by atoms with Gasteiger partial charge in [-0.3, -0.25) is 0 Å². The third-order valence-electron chi connectivity index (χ3n) is 14.4. The van der Waals surface area contributed by atoms with Crippen LogP contribution < -0.4 is 0 Å². The van der Waals surface area contributed by atoms with Crippen LogP contribution in [0.3, 0.4) is 0 Å². The molecule has 63 heavy (non-hydrogen) atoms. The molecular formula is C63H38. The van der Waals surface area contributed by atoms with Gasteiger partial charge in [0.1, 0.15) is 0 Å². The molecule has 12 aromatic rings. The lowest BCUT2D eigenvalue weighted by molar-refractivity contribution is 0.795. The highest BCUT2D eigenvalue weighted by molar-refractivity contribution is 6.25. The maximum atomic E-state index is 2.61. The predicted molar refractivity (Wildman–Crippen MR) is 267 cm³/mol. The van der Waals surface area contributed by atoms with Gasteiger partial charge in [-0.15, -0.1) is 0 Å². The molecule has 0 saturated carbocycles. The second kappa shape index (κ2) is 13.0. The number of hydrogen-bond acceptors (Lipinski definition) is 0. The SMILES string of the molecule is c1cc(-c2ccc3ccccc3c2)cc(-c2c3ccccc3c(-c3cc4c(c5ccccc35)-c3c(ccc5ccccc35)C43c4ccccc4-c4ccccc43)c3ccccc23)c1. The van der Waals surface area contributed by atoms with E-state index in [1.165, 1.54) is 132 Å². The minimum absolute atomic E-state index is 0.491. The highest BCUT2D eigenvalue weighted by Gasteiger charge is 2.52. The molecule has 0 aliphatic heterocycles. The van der Waals surface area contributed by atoms with Crippen LogP contribution in [-0.4, -0.2) is 0 Å². The molecule has 0 fully saturated rings. The summed E-state index contributed by atoms with van der Waals surface area (Å²) in [5, 5.41) is 12.7. The summed E-state index contributed by atoms with van der Waals surface area (Å²) in [4.78, 5) is 0. The minimum Gasteiger partial charge on any atom is -0.0619 e. The zero-order valence-electron chi connectivity index (χ0n) is 34.4. The van der Waals surface area contributed by atoms with Gasteiger partial charge in [-0.25, -0.2) is 0 Å². The van der Waals surface area contributed by atoms with Gasteiger partial charge < -0.3 is 0 Å². The Kier molecular flexibility index (Phi) is 7.13. The van der Waals surface area contributed by atoms with Crippen molar-refractivity contribution in [3.63, 3.8) is 0 Å². The summed E-state index contributed by atoms with van der Waals surface area (Å²) in [7, 11) is 0. The van der Waals surface area contributed by atoms with E-state index in [9.17, 15) is 0 Å². The van der Waals surface area contributed by atoms with Crippen molar-refractivity contribution in [1.29, 1.82) is 0 Å². The average molecular weight is 795 g/mol. The van der Waals surface area contributed by atoms with E-state index in [1.807, 2.05) is 0 Å². The van der Waals surface area contributed by atoms with Gasteiger partial charge in [0.2, 0.25) is 0 Å². The highest BCUT2D eigenvalue weighted by atomic mass is 14.5. The van der Waals surface area contributed by atoms with Crippen LogP contribution in [0.5, 0.6) is 0 Å². The van der Waals surface area contributed by atoms with Gasteiger partial charge in [0, 0.05) is 0 Å². The summed E-state index contributed by atoms with van der Waals surface area (Å²) in [6.07, 6.45) is 0. The number of benzene rings is 12. The van der Waals surface area contributed by atoms with Crippen LogP contribution >= 0.6 is 0 Å². The predicted octanol–water partition coefficient (Wildman–Crippen LogP) is 16.8. The summed E-state index contributed by atoms with van der Waals surface area (Å²) < 4.78 is 0. The van der Waals surface area contributed by atoms with Gasteiger partial charge in [-0.1, -0.05) is 212 Å². The standard InChI is InChI=1S/C63H38/c1-2-18-41-36-43(33-32-39(41)16-1)42-19-15-20-44(37-42)59-50-26-7-9-28-52(50)60(53-29-10-8-27-51(53)59)54-38-58-62(49-25-6-5-22-46(49)54)61-45-21-4-3-17-40(45)34-35-57(61)63(58)55-30-13-11-23-47(55)48-24-12-14-31-56(48)63/h1-38H. The van der Waals surface area contributed by atoms with Crippen molar-refractivity contribution in [2.75, 3.05) is 0 Å². The Morgan fingerprint density at radius 1 is 0.206 bits per heavy atom. The molecule has 0 nitrogen and oxygen atoms in total. The molecule has 0 aromatic heterocycles. The van der Waals surface area contributed by atoms with Gasteiger partial charge in [0.15, 0.2) is 0 Å². The van der Waals surface area contributed by atoms with E-state index in [-0.39, 0.29) is 0 Å². The van der Waals surface area contributed by atoms with Gasteiger partial charge in [-0.2, -0.15) is 0 Å². The quantitative estimate of drug-likeness (QED) is 0.156. The molecular weight excluding hydrogens is 757 g/mol. The highest BCUT2D eigenvalue weighted by Crippen LogP contribution is 2.65. The summed E-state index contributed by atoms with van der Waals surface area (Å²) >= 11 is 0. The maximum Gasteiger partial charge on any atom is 0.0726 e. The van der Waals surface area contributed by atoms with E-state index in [0.29, 0.717) is 0 Å². The van der Waals surface area contributed by atoms with Gasteiger partial charge in [-0.05, 0) is 150 Å². The van der Waals surface area contributed by atoms with Crippen LogP contribution in [-0.2, 0) is 5.41 Å². The van der Waals surface area contributed by atoms with E-state index >= 15 is 0 Å². The first-order valence-electron chi connectivity index (χ1n) is 22.1. The van der Waals surface area contributed by atoms with Gasteiger partial charge in [0.25, 0.3) is 0 Å². The third kappa shape index (κ3) is 4.65. The summed E-state index contributed by atoms with van der Waals surface area (Å²) in [6.45, 7) is 0. The normalized spacial score (nSPS) is 13.2. The van der Waals surface area contributed by atoms with Crippen molar-refractivity contribution < 1.29 is 0 Å². The number of rotatable bonds is 3. The van der Waals surface area contributed by atoms with E-state index in [1.54, 1.807) is 0 Å². The van der Waals surface area contributed by atoms with Crippen molar-refractivity contribution in [1.82, 2.24) is 0 Å². The summed E-state index contributed by atoms with van der Waals surface area (Å²) in [5.41, 5.74) is 17.8. The first kappa shape index (κ1) is 34.6. The molecule has 0 heterocycles. The van der Waals surface area contributed by atoms with Gasteiger partial charge >= 0.3 is 0 Å². The van der Waals surface area contributed by atoms with Crippen LogP contribution in [0.2, 0.25) is 0 Å². The molecule has 1 spiro atoms. The Balaban J connectivity index is 1.10. The summed E-state index contributed by atoms with van der Waals surface area (Å²) in [5.74, 6) is 0. The lowest BCUT2D eigenvalue weighted by Gasteiger charge is -2.31. The molecule has 2 aliphatic carbocycles. The number of fused-ring (bicyclic) bond motifs is 17. The molecule has 0 heteroatoms. The molecule has 0 radical (unpaired) electrons. The topological polar surface area (TPSA) is 0 Å². The fourth-order valence-corrected chi connectivity index (χ4v) is 11.9. The second-order valence-electron chi connectivity index (χ2n) is 17.4. The Labute approximate surface area is 366 Å². The monoisotopic (exact) mass is 794 g/mol. The lowest BCUT2D eigenvalue weighted by Crippen LogP contribution is -2.26. The molecule has 0 atom stereocenters. The van der Waals surface area contributed by atoms with E-state index < -0.39 is 5.41 Å². The van der Waals surface area contributed by atoms with Crippen LogP contribution in [0.15, 0.2) is 231 Å². The maximum absolute atomic E-state index is 2.61. The van der Waals surface area contributed by atoms with Crippen LogP contribution in [0, 0.1) is 0 Å². The van der Waals surface area contributed by atoms with Crippen molar-refractivity contribution in [3.05, 3.63) is 253 Å². The molecule has 12 aromatic carbocycles. The largest absolute Gasteiger partial charge is 0.0726 e. The van der Waals surface area contributed by atoms with Crippen LogP contribution in [0.4, 0.5) is 0 Å². The van der Waals surface area contributed by atoms with Crippen molar-refractivity contribution in [2.45, 2.75) is 5.41 Å². The van der Waals surface area contributed by atoms with Crippen LogP contribution in [0.25, 0.3) is 109 Å². The molecule has 0 amide bonds. The molecule has 0 unspecified atom stereocenters. The Hall–Kier alpha value is -8.06. The van der Waals surface area contributed by atoms with E-state index in [0.717, 1.165) is 0 Å². The Morgan fingerprint density at radius 3 is 1.37 bits per heavy atom. The smallest absolute Gasteiger partial charge is 0.0619 e. The molecule has 14 rings (SSSR count). The zero-order valence-corrected chi connectivity index (χ0v) is 34.4. The fourth-order valence-electron chi connectivity index (χ4n) is 11.9. The molecule has 0 bridgehead atoms. The van der Waals surface area contributed by atoms with Crippen molar-refractivity contribution in [2.24, 2.45) is 0 Å². The fraction of sp³-hybridized carbons (Fsp3) is 0.0159. The Morgan fingerprint density at radius 2 is 0.683 bits per heavy atom. The molecule has 2 aliphatic rings. The first-order valence-corrected chi connectivity index (χ1v) is 22.1. The first-order chi connectivity index (χ1) is 31.3. The zero-order chi connectivity index (χ0) is 41.2. The molecule has 290 valence electrons. The second-order valence-corrected chi connectivity index (χ2v) is 17.4.